The van der Waals surface area contributed by atoms with Gasteiger partial charge in [-0.05, 0) is 62.2 Å². The lowest BCUT2D eigenvalue weighted by molar-refractivity contribution is 0.272. The van der Waals surface area contributed by atoms with Crippen molar-refractivity contribution in [3.05, 3.63) is 11.1 Å². The van der Waals surface area contributed by atoms with Crippen molar-refractivity contribution in [2.45, 2.75) is 51.0 Å². The van der Waals surface area contributed by atoms with E-state index >= 15 is 0 Å². The maximum Gasteiger partial charge on any atom is 0.0145 e. The van der Waals surface area contributed by atoms with Gasteiger partial charge in [-0.3, -0.25) is 0 Å². The lowest BCUT2D eigenvalue weighted by Crippen LogP contribution is -2.34. The summed E-state index contributed by atoms with van der Waals surface area (Å²) in [5, 5.41) is 0. The van der Waals surface area contributed by atoms with Crippen molar-refractivity contribution in [1.29, 1.82) is 0 Å². The zero-order valence-corrected chi connectivity index (χ0v) is 9.41. The Bertz CT molecular complexity index is 330. The predicted molar refractivity (Wildman–Crippen MR) is 61.3 cm³/mol. The summed E-state index contributed by atoms with van der Waals surface area (Å²) in [4.78, 5) is 0. The summed E-state index contributed by atoms with van der Waals surface area (Å²) in [5.41, 5.74) is 10.0. The highest BCUT2D eigenvalue weighted by molar-refractivity contribution is 5.39. The van der Waals surface area contributed by atoms with Crippen LogP contribution in [0.4, 0.5) is 0 Å². The van der Waals surface area contributed by atoms with Gasteiger partial charge in [0.25, 0.3) is 0 Å². The second kappa shape index (κ2) is 2.88. The van der Waals surface area contributed by atoms with Crippen LogP contribution in [0.15, 0.2) is 11.1 Å². The number of hydrogen-bond donors (Lipinski definition) is 1. The molecule has 4 aliphatic carbocycles. The minimum atomic E-state index is 0.502. The average molecular weight is 203 g/mol. The van der Waals surface area contributed by atoms with Gasteiger partial charge in [0.2, 0.25) is 0 Å². The van der Waals surface area contributed by atoms with Gasteiger partial charge < -0.3 is 5.73 Å². The summed E-state index contributed by atoms with van der Waals surface area (Å²) in [6.45, 7) is 0. The van der Waals surface area contributed by atoms with Gasteiger partial charge in [-0.25, -0.2) is 0 Å². The van der Waals surface area contributed by atoms with E-state index in [-0.39, 0.29) is 0 Å². The number of rotatable bonds is 0. The van der Waals surface area contributed by atoms with E-state index in [0.29, 0.717) is 6.04 Å². The molecule has 5 unspecified atom stereocenters. The predicted octanol–water partition coefficient (Wildman–Crippen LogP) is 2.86. The Morgan fingerprint density at radius 3 is 2.67 bits per heavy atom. The van der Waals surface area contributed by atoms with Gasteiger partial charge in [0.1, 0.15) is 0 Å². The molecule has 0 aliphatic heterocycles. The molecular formula is C14H21N. The van der Waals surface area contributed by atoms with Gasteiger partial charge in [-0.1, -0.05) is 17.6 Å². The highest BCUT2D eigenvalue weighted by Crippen LogP contribution is 2.59. The third-order valence-electron chi connectivity index (χ3n) is 5.71. The van der Waals surface area contributed by atoms with Crippen LogP contribution in [-0.2, 0) is 0 Å². The van der Waals surface area contributed by atoms with E-state index in [1.165, 1.54) is 44.9 Å². The van der Waals surface area contributed by atoms with Crippen molar-refractivity contribution >= 4 is 0 Å². The number of fused-ring (bicyclic) bond motifs is 5. The largest absolute Gasteiger partial charge is 0.327 e. The molecule has 0 heterocycles. The summed E-state index contributed by atoms with van der Waals surface area (Å²) in [5.74, 6) is 3.82. The Morgan fingerprint density at radius 1 is 0.933 bits per heavy atom. The second-order valence-electron chi connectivity index (χ2n) is 6.29. The molecular weight excluding hydrogens is 182 g/mol. The molecule has 82 valence electrons. The molecule has 2 fully saturated rings. The normalized spacial score (nSPS) is 52.2. The number of nitrogens with two attached hydrogens (primary N) is 1. The van der Waals surface area contributed by atoms with Crippen LogP contribution in [0.2, 0.25) is 0 Å². The fraction of sp³-hybridized carbons (Fsp3) is 0.857. The molecule has 0 saturated heterocycles. The highest BCUT2D eigenvalue weighted by Gasteiger charge is 2.50. The molecule has 2 saturated carbocycles. The molecule has 4 aliphatic rings. The van der Waals surface area contributed by atoms with Gasteiger partial charge >= 0.3 is 0 Å². The summed E-state index contributed by atoms with van der Waals surface area (Å²) in [6, 6.07) is 0.502. The number of hydrogen-bond acceptors (Lipinski definition) is 1. The van der Waals surface area contributed by atoms with Crippen LogP contribution in [0.1, 0.15) is 44.9 Å². The quantitative estimate of drug-likeness (QED) is 0.602. The molecule has 0 aromatic heterocycles. The van der Waals surface area contributed by atoms with Gasteiger partial charge in [0.15, 0.2) is 0 Å². The van der Waals surface area contributed by atoms with Crippen molar-refractivity contribution < 1.29 is 0 Å². The van der Waals surface area contributed by atoms with Gasteiger partial charge in [-0.15, -0.1) is 0 Å². The van der Waals surface area contributed by atoms with Crippen molar-refractivity contribution in [1.82, 2.24) is 0 Å². The fourth-order valence-electron chi connectivity index (χ4n) is 5.10. The van der Waals surface area contributed by atoms with Gasteiger partial charge in [-0.2, -0.15) is 0 Å². The van der Waals surface area contributed by atoms with Crippen LogP contribution in [0.3, 0.4) is 0 Å². The Labute approximate surface area is 92.1 Å². The maximum atomic E-state index is 6.37. The SMILES string of the molecule is NC1CC2=C3C(C2)C2CCCC(CC2)C31. The third-order valence-corrected chi connectivity index (χ3v) is 5.71. The smallest absolute Gasteiger partial charge is 0.0145 e. The van der Waals surface area contributed by atoms with E-state index in [2.05, 4.69) is 0 Å². The molecule has 1 nitrogen and oxygen atoms in total. The molecule has 0 aromatic carbocycles. The molecule has 2 bridgehead atoms. The van der Waals surface area contributed by atoms with Crippen molar-refractivity contribution in [2.75, 3.05) is 0 Å². The van der Waals surface area contributed by atoms with Crippen molar-refractivity contribution in [2.24, 2.45) is 29.4 Å². The molecule has 0 spiro atoms. The van der Waals surface area contributed by atoms with E-state index < -0.39 is 0 Å². The average Bonchev–Trinajstić information content (AvgIpc) is 2.44. The first kappa shape index (κ1) is 8.81. The zero-order valence-electron chi connectivity index (χ0n) is 9.41. The first-order valence-electron chi connectivity index (χ1n) is 6.82. The Morgan fingerprint density at radius 2 is 1.73 bits per heavy atom. The second-order valence-corrected chi connectivity index (χ2v) is 6.29. The van der Waals surface area contributed by atoms with Crippen LogP contribution >= 0.6 is 0 Å². The molecule has 1 heteroatoms. The molecule has 2 N–H and O–H groups in total. The lowest BCUT2D eigenvalue weighted by atomic mass is 9.66. The summed E-state index contributed by atoms with van der Waals surface area (Å²) >= 11 is 0. The van der Waals surface area contributed by atoms with E-state index in [1.807, 2.05) is 5.57 Å². The Hall–Kier alpha value is -0.300. The highest BCUT2D eigenvalue weighted by atomic mass is 14.7. The molecule has 4 rings (SSSR count). The third kappa shape index (κ3) is 1.03. The van der Waals surface area contributed by atoms with Gasteiger partial charge in [0.05, 0.1) is 0 Å². The first-order valence-corrected chi connectivity index (χ1v) is 6.82. The van der Waals surface area contributed by atoms with Crippen molar-refractivity contribution in [3.63, 3.8) is 0 Å². The van der Waals surface area contributed by atoms with E-state index in [1.54, 1.807) is 5.57 Å². The summed E-state index contributed by atoms with van der Waals surface area (Å²) in [6.07, 6.45) is 10.1. The molecule has 0 radical (unpaired) electrons. The standard InChI is InChI=1S/C14H21N/c15-12-7-10-6-11-8-2-1-3-9(5-4-8)14(12)13(10)11/h8-9,11-12,14H,1-7,15H2. The minimum absolute atomic E-state index is 0.502. The first-order chi connectivity index (χ1) is 7.34. The fourth-order valence-corrected chi connectivity index (χ4v) is 5.10. The molecule has 5 atom stereocenters. The van der Waals surface area contributed by atoms with E-state index in [0.717, 1.165) is 23.7 Å². The lowest BCUT2D eigenvalue weighted by Gasteiger charge is -2.39. The monoisotopic (exact) mass is 203 g/mol. The molecule has 15 heavy (non-hydrogen) atoms. The zero-order chi connectivity index (χ0) is 9.99. The maximum absolute atomic E-state index is 6.37. The van der Waals surface area contributed by atoms with Crippen LogP contribution in [0.5, 0.6) is 0 Å². The van der Waals surface area contributed by atoms with E-state index in [4.69, 9.17) is 5.73 Å². The van der Waals surface area contributed by atoms with Crippen LogP contribution in [0, 0.1) is 23.7 Å². The minimum Gasteiger partial charge on any atom is -0.327 e. The Balaban J connectivity index is 1.79. The summed E-state index contributed by atoms with van der Waals surface area (Å²) < 4.78 is 0. The van der Waals surface area contributed by atoms with Crippen LogP contribution in [-0.4, -0.2) is 6.04 Å². The van der Waals surface area contributed by atoms with Crippen molar-refractivity contribution in [3.8, 4) is 0 Å². The molecule has 0 aromatic rings. The van der Waals surface area contributed by atoms with Crippen LogP contribution < -0.4 is 5.73 Å². The Kier molecular flexibility index (Phi) is 1.69. The molecule has 0 amide bonds. The van der Waals surface area contributed by atoms with Gasteiger partial charge in [0, 0.05) is 6.04 Å². The summed E-state index contributed by atoms with van der Waals surface area (Å²) in [7, 11) is 0. The van der Waals surface area contributed by atoms with Crippen LogP contribution in [0.25, 0.3) is 0 Å². The topological polar surface area (TPSA) is 26.0 Å². The van der Waals surface area contributed by atoms with E-state index in [9.17, 15) is 0 Å².